The number of nitrogens with one attached hydrogen (secondary N) is 1. The van der Waals surface area contributed by atoms with Gasteiger partial charge in [0.25, 0.3) is 0 Å². The van der Waals surface area contributed by atoms with Gasteiger partial charge in [-0.1, -0.05) is 0 Å². The summed E-state index contributed by atoms with van der Waals surface area (Å²) in [4.78, 5) is 15.3. The van der Waals surface area contributed by atoms with Gasteiger partial charge in [-0.05, 0) is 55.8 Å². The van der Waals surface area contributed by atoms with Gasteiger partial charge in [-0.2, -0.15) is 0 Å². The van der Waals surface area contributed by atoms with Crippen LogP contribution >= 0.6 is 11.3 Å². The predicted molar refractivity (Wildman–Crippen MR) is 77.2 cm³/mol. The highest BCUT2D eigenvalue weighted by atomic mass is 32.1. The van der Waals surface area contributed by atoms with Gasteiger partial charge in [0.1, 0.15) is 0 Å². The molecule has 19 heavy (non-hydrogen) atoms. The zero-order valence-corrected chi connectivity index (χ0v) is 12.2. The van der Waals surface area contributed by atoms with E-state index in [1.165, 1.54) is 10.4 Å². The average molecular weight is 282 g/mol. The zero-order valence-electron chi connectivity index (χ0n) is 11.4. The Balaban J connectivity index is 1.69. The molecule has 0 saturated carbocycles. The highest BCUT2D eigenvalue weighted by Gasteiger charge is 2.20. The predicted octanol–water partition coefficient (Wildman–Crippen LogP) is 1.38. The number of hydrogen-bond acceptors (Lipinski definition) is 4. The second kappa shape index (κ2) is 7.03. The summed E-state index contributed by atoms with van der Waals surface area (Å²) in [7, 11) is 0. The molecule has 1 aromatic rings. The van der Waals surface area contributed by atoms with Crippen molar-refractivity contribution in [2.24, 2.45) is 5.92 Å². The van der Waals surface area contributed by atoms with Crippen LogP contribution in [0.25, 0.3) is 0 Å². The minimum atomic E-state index is 0.0928. The van der Waals surface area contributed by atoms with Gasteiger partial charge < -0.3 is 10.4 Å². The number of aliphatic hydroxyl groups excluding tert-OH is 1. The lowest BCUT2D eigenvalue weighted by molar-refractivity contribution is -0.122. The minimum absolute atomic E-state index is 0.0928. The Hall–Kier alpha value is -0.910. The molecule has 4 nitrogen and oxygen atoms in total. The van der Waals surface area contributed by atoms with Gasteiger partial charge in [0.15, 0.2) is 0 Å². The largest absolute Gasteiger partial charge is 0.396 e. The molecule has 0 spiro atoms. The van der Waals surface area contributed by atoms with E-state index in [0.29, 0.717) is 19.0 Å². The molecule has 0 unspecified atom stereocenters. The molecule has 1 amide bonds. The number of amides is 1. The second-order valence-corrected chi connectivity index (χ2v) is 6.21. The van der Waals surface area contributed by atoms with Crippen molar-refractivity contribution in [2.45, 2.75) is 26.3 Å². The van der Waals surface area contributed by atoms with Crippen molar-refractivity contribution in [1.29, 1.82) is 0 Å². The van der Waals surface area contributed by atoms with Gasteiger partial charge in [0.2, 0.25) is 5.91 Å². The Kier molecular flexibility index (Phi) is 5.36. The van der Waals surface area contributed by atoms with Gasteiger partial charge in [-0.25, -0.2) is 0 Å². The second-order valence-electron chi connectivity index (χ2n) is 5.21. The van der Waals surface area contributed by atoms with Crippen LogP contribution in [-0.2, 0) is 11.3 Å². The monoisotopic (exact) mass is 282 g/mol. The Morgan fingerprint density at radius 2 is 2.26 bits per heavy atom. The molecule has 0 bridgehead atoms. The number of carbonyl (C=O) groups is 1. The number of nitrogens with zero attached hydrogens (tertiary/aromatic N) is 1. The maximum atomic E-state index is 11.9. The quantitative estimate of drug-likeness (QED) is 0.858. The first-order valence-corrected chi connectivity index (χ1v) is 7.70. The van der Waals surface area contributed by atoms with Crippen LogP contribution in [0.3, 0.4) is 0 Å². The van der Waals surface area contributed by atoms with E-state index in [1.807, 2.05) is 0 Å². The van der Waals surface area contributed by atoms with E-state index in [-0.39, 0.29) is 12.5 Å². The molecule has 0 atom stereocenters. The molecular formula is C14H22N2O2S. The first-order valence-electron chi connectivity index (χ1n) is 6.82. The summed E-state index contributed by atoms with van der Waals surface area (Å²) in [6, 6.07) is 2.08. The van der Waals surface area contributed by atoms with Gasteiger partial charge in [0.05, 0.1) is 13.1 Å². The molecule has 0 aliphatic carbocycles. The van der Waals surface area contributed by atoms with E-state index >= 15 is 0 Å². The molecule has 1 fully saturated rings. The van der Waals surface area contributed by atoms with Crippen LogP contribution in [0.5, 0.6) is 0 Å². The van der Waals surface area contributed by atoms with Crippen LogP contribution in [0.2, 0.25) is 0 Å². The van der Waals surface area contributed by atoms with Crippen molar-refractivity contribution >= 4 is 17.2 Å². The molecule has 2 rings (SSSR count). The highest BCUT2D eigenvalue weighted by molar-refractivity contribution is 7.10. The van der Waals surface area contributed by atoms with E-state index in [1.54, 1.807) is 11.3 Å². The number of likely N-dealkylation sites (tertiary alicyclic amines) is 1. The van der Waals surface area contributed by atoms with Crippen molar-refractivity contribution in [3.8, 4) is 0 Å². The van der Waals surface area contributed by atoms with Crippen molar-refractivity contribution in [3.63, 3.8) is 0 Å². The number of hydrogen-bond donors (Lipinski definition) is 2. The first kappa shape index (κ1) is 14.5. The van der Waals surface area contributed by atoms with E-state index in [0.717, 1.165) is 25.9 Å². The van der Waals surface area contributed by atoms with E-state index < -0.39 is 0 Å². The molecule has 2 heterocycles. The lowest BCUT2D eigenvalue weighted by atomic mass is 9.98. The Labute approximate surface area is 118 Å². The van der Waals surface area contributed by atoms with E-state index in [4.69, 9.17) is 5.11 Å². The van der Waals surface area contributed by atoms with E-state index in [2.05, 4.69) is 28.6 Å². The summed E-state index contributed by atoms with van der Waals surface area (Å²) in [5, 5.41) is 14.1. The summed E-state index contributed by atoms with van der Waals surface area (Å²) in [6.45, 7) is 5.28. The summed E-state index contributed by atoms with van der Waals surface area (Å²) >= 11 is 1.68. The Bertz CT molecular complexity index is 411. The molecule has 2 N–H and O–H groups in total. The highest BCUT2D eigenvalue weighted by Crippen LogP contribution is 2.16. The normalized spacial score (nSPS) is 17.6. The summed E-state index contributed by atoms with van der Waals surface area (Å²) in [6.07, 6.45) is 1.99. The molecule has 5 heteroatoms. The summed E-state index contributed by atoms with van der Waals surface area (Å²) in [5.74, 6) is 0.517. The van der Waals surface area contributed by atoms with Crippen LogP contribution in [0.1, 0.15) is 23.3 Å². The molecule has 0 radical (unpaired) electrons. The summed E-state index contributed by atoms with van der Waals surface area (Å²) in [5.41, 5.74) is 1.24. The number of thiophene rings is 1. The molecular weight excluding hydrogens is 260 g/mol. The fourth-order valence-electron chi connectivity index (χ4n) is 2.35. The standard InChI is InChI=1S/C14H22N2O2S/c1-11-4-7-19-13(11)8-15-14(18)9-16-5-2-12(10-17)3-6-16/h4,7,12,17H,2-3,5-6,8-10H2,1H3,(H,15,18). The van der Waals surface area contributed by atoms with E-state index in [9.17, 15) is 4.79 Å². The molecule has 106 valence electrons. The maximum absolute atomic E-state index is 11.9. The number of aryl methyl sites for hydroxylation is 1. The molecule has 0 aromatic carbocycles. The Morgan fingerprint density at radius 3 is 2.84 bits per heavy atom. The lowest BCUT2D eigenvalue weighted by Gasteiger charge is -2.30. The average Bonchev–Trinajstić information content (AvgIpc) is 2.83. The maximum Gasteiger partial charge on any atom is 0.234 e. The SMILES string of the molecule is Cc1ccsc1CNC(=O)CN1CCC(CO)CC1. The van der Waals surface area contributed by atoms with Crippen LogP contribution in [0, 0.1) is 12.8 Å². The van der Waals surface area contributed by atoms with Crippen molar-refractivity contribution in [1.82, 2.24) is 10.2 Å². The number of carbonyl (C=O) groups excluding carboxylic acids is 1. The Morgan fingerprint density at radius 1 is 1.53 bits per heavy atom. The molecule has 1 saturated heterocycles. The molecule has 1 aliphatic rings. The number of aliphatic hydroxyl groups is 1. The van der Waals surface area contributed by atoms with Gasteiger partial charge >= 0.3 is 0 Å². The topological polar surface area (TPSA) is 52.6 Å². The van der Waals surface area contributed by atoms with Crippen LogP contribution in [0.4, 0.5) is 0 Å². The fourth-order valence-corrected chi connectivity index (χ4v) is 3.20. The third-order valence-corrected chi connectivity index (χ3v) is 4.77. The number of rotatable bonds is 5. The zero-order chi connectivity index (χ0) is 13.7. The minimum Gasteiger partial charge on any atom is -0.396 e. The van der Waals surface area contributed by atoms with Crippen LogP contribution < -0.4 is 5.32 Å². The third kappa shape index (κ3) is 4.30. The molecule has 1 aromatic heterocycles. The van der Waals surface area contributed by atoms with Crippen molar-refractivity contribution in [3.05, 3.63) is 21.9 Å². The molecule has 1 aliphatic heterocycles. The van der Waals surface area contributed by atoms with Crippen LogP contribution in [0.15, 0.2) is 11.4 Å². The van der Waals surface area contributed by atoms with Crippen LogP contribution in [-0.4, -0.2) is 42.2 Å². The number of piperidine rings is 1. The van der Waals surface area contributed by atoms with Gasteiger partial charge in [-0.3, -0.25) is 9.69 Å². The third-order valence-electron chi connectivity index (χ3n) is 3.75. The lowest BCUT2D eigenvalue weighted by Crippen LogP contribution is -2.41. The van der Waals surface area contributed by atoms with Crippen molar-refractivity contribution < 1.29 is 9.90 Å². The van der Waals surface area contributed by atoms with Crippen molar-refractivity contribution in [2.75, 3.05) is 26.2 Å². The summed E-state index contributed by atoms with van der Waals surface area (Å²) < 4.78 is 0. The fraction of sp³-hybridized carbons (Fsp3) is 0.643. The smallest absolute Gasteiger partial charge is 0.234 e. The first-order chi connectivity index (χ1) is 9.19. The van der Waals surface area contributed by atoms with Gasteiger partial charge in [-0.15, -0.1) is 11.3 Å². The van der Waals surface area contributed by atoms with Gasteiger partial charge in [0, 0.05) is 11.5 Å².